The highest BCUT2D eigenvalue weighted by Gasteiger charge is 2.30. The molecule has 6 atom stereocenters. The Morgan fingerprint density at radius 1 is 0.341 bits per heavy atom. The highest BCUT2D eigenvalue weighted by molar-refractivity contribution is 7.47. The van der Waals surface area contributed by atoms with E-state index in [0.717, 1.165) is 115 Å². The van der Waals surface area contributed by atoms with Crippen LogP contribution >= 0.6 is 15.6 Å². The zero-order chi connectivity index (χ0) is 60.6. The van der Waals surface area contributed by atoms with Gasteiger partial charge in [-0.3, -0.25) is 37.3 Å². The fraction of sp³-hybridized carbons (Fsp3) is 0.937. The Morgan fingerprint density at radius 2 is 0.585 bits per heavy atom. The van der Waals surface area contributed by atoms with Crippen molar-refractivity contribution in [2.45, 2.75) is 335 Å². The number of phosphoric acid groups is 2. The molecule has 0 saturated carbocycles. The van der Waals surface area contributed by atoms with Crippen LogP contribution in [-0.4, -0.2) is 96.7 Å². The molecule has 19 heteroatoms. The molecule has 82 heavy (non-hydrogen) atoms. The van der Waals surface area contributed by atoms with E-state index in [9.17, 15) is 43.2 Å². The maximum Gasteiger partial charge on any atom is 0.472 e. The smallest absolute Gasteiger partial charge is 0.462 e. The van der Waals surface area contributed by atoms with Crippen LogP contribution in [0.2, 0.25) is 0 Å². The van der Waals surface area contributed by atoms with Gasteiger partial charge < -0.3 is 33.8 Å². The molecule has 0 aromatic carbocycles. The van der Waals surface area contributed by atoms with Crippen LogP contribution in [0.4, 0.5) is 0 Å². The molecule has 0 aromatic heterocycles. The van der Waals surface area contributed by atoms with Crippen molar-refractivity contribution < 1.29 is 80.2 Å². The minimum atomic E-state index is -4.94. The van der Waals surface area contributed by atoms with E-state index in [1.54, 1.807) is 0 Å². The lowest BCUT2D eigenvalue weighted by atomic mass is 9.99. The van der Waals surface area contributed by atoms with Gasteiger partial charge in [0, 0.05) is 25.7 Å². The van der Waals surface area contributed by atoms with Crippen molar-refractivity contribution in [3.05, 3.63) is 0 Å². The van der Waals surface area contributed by atoms with E-state index in [2.05, 4.69) is 34.6 Å². The first-order valence-electron chi connectivity index (χ1n) is 33.2. The van der Waals surface area contributed by atoms with Gasteiger partial charge in [0.15, 0.2) is 12.2 Å². The highest BCUT2D eigenvalue weighted by Crippen LogP contribution is 2.45. The molecule has 0 spiro atoms. The van der Waals surface area contributed by atoms with Crippen molar-refractivity contribution in [3.63, 3.8) is 0 Å². The molecule has 0 fully saturated rings. The molecular weight excluding hydrogens is 1090 g/mol. The molecule has 486 valence electrons. The fourth-order valence-corrected chi connectivity index (χ4v) is 11.0. The number of carbonyl (C=O) groups excluding carboxylic acids is 4. The Bertz CT molecular complexity index is 1600. The Hall–Kier alpha value is -1.94. The number of phosphoric ester groups is 2. The summed E-state index contributed by atoms with van der Waals surface area (Å²) in [4.78, 5) is 71.8. The third-order valence-electron chi connectivity index (χ3n) is 14.9. The summed E-state index contributed by atoms with van der Waals surface area (Å²) in [6.07, 6.45) is 40.8. The Balaban J connectivity index is 5.15. The van der Waals surface area contributed by atoms with Gasteiger partial charge in [0.25, 0.3) is 0 Å². The summed E-state index contributed by atoms with van der Waals surface area (Å²) in [6.45, 7) is 7.09. The maximum absolute atomic E-state index is 13.0. The molecule has 0 radical (unpaired) electrons. The fourth-order valence-electron chi connectivity index (χ4n) is 9.37. The van der Waals surface area contributed by atoms with Gasteiger partial charge in [-0.1, -0.05) is 266 Å². The van der Waals surface area contributed by atoms with Gasteiger partial charge in [-0.15, -0.1) is 0 Å². The lowest BCUT2D eigenvalue weighted by Crippen LogP contribution is -2.30. The van der Waals surface area contributed by atoms with Crippen LogP contribution < -0.4 is 0 Å². The molecular formula is C63H122O17P2. The lowest BCUT2D eigenvalue weighted by molar-refractivity contribution is -0.161. The Labute approximate surface area is 498 Å². The Kier molecular flexibility index (Phi) is 55.5. The largest absolute Gasteiger partial charge is 0.472 e. The van der Waals surface area contributed by atoms with Crippen LogP contribution in [0.25, 0.3) is 0 Å². The third-order valence-corrected chi connectivity index (χ3v) is 16.8. The summed E-state index contributed by atoms with van der Waals surface area (Å²) in [5.74, 6) is -1.34. The molecule has 3 unspecified atom stereocenters. The summed E-state index contributed by atoms with van der Waals surface area (Å²) >= 11 is 0. The van der Waals surface area contributed by atoms with Crippen molar-refractivity contribution in [2.75, 3.05) is 39.6 Å². The molecule has 3 N–H and O–H groups in total. The summed E-state index contributed by atoms with van der Waals surface area (Å²) in [6, 6.07) is 0. The van der Waals surface area contributed by atoms with Crippen molar-refractivity contribution >= 4 is 39.5 Å². The molecule has 0 rings (SSSR count). The first kappa shape index (κ1) is 80.1. The van der Waals surface area contributed by atoms with Crippen molar-refractivity contribution in [1.29, 1.82) is 0 Å². The number of rotatable bonds is 63. The van der Waals surface area contributed by atoms with E-state index in [4.69, 9.17) is 37.0 Å². The monoisotopic (exact) mass is 1210 g/mol. The number of hydrogen-bond acceptors (Lipinski definition) is 15. The summed E-state index contributed by atoms with van der Waals surface area (Å²) in [5.41, 5.74) is 0. The first-order chi connectivity index (χ1) is 39.6. The number of unbranched alkanes of at least 4 members (excludes halogenated alkanes) is 34. The van der Waals surface area contributed by atoms with Gasteiger partial charge >= 0.3 is 39.5 Å². The number of carbonyl (C=O) groups is 4. The molecule has 0 amide bonds. The molecule has 17 nitrogen and oxygen atoms in total. The Morgan fingerprint density at radius 3 is 0.866 bits per heavy atom. The van der Waals surface area contributed by atoms with Crippen LogP contribution in [0, 0.1) is 5.92 Å². The quantitative estimate of drug-likeness (QED) is 0.0222. The van der Waals surface area contributed by atoms with E-state index >= 15 is 0 Å². The lowest BCUT2D eigenvalue weighted by Gasteiger charge is -2.21. The van der Waals surface area contributed by atoms with Crippen LogP contribution in [-0.2, 0) is 65.4 Å². The molecule has 0 aromatic rings. The number of aliphatic hydroxyl groups is 1. The minimum absolute atomic E-state index is 0.103. The van der Waals surface area contributed by atoms with Gasteiger partial charge in [0.1, 0.15) is 19.3 Å². The van der Waals surface area contributed by atoms with Gasteiger partial charge in [-0.05, 0) is 31.6 Å². The molecule has 0 heterocycles. The van der Waals surface area contributed by atoms with Crippen molar-refractivity contribution in [2.24, 2.45) is 5.92 Å². The molecule has 0 aliphatic carbocycles. The van der Waals surface area contributed by atoms with Gasteiger partial charge in [0.05, 0.1) is 26.4 Å². The van der Waals surface area contributed by atoms with E-state index in [1.807, 2.05) is 0 Å². The van der Waals surface area contributed by atoms with Gasteiger partial charge in [0.2, 0.25) is 0 Å². The number of ether oxygens (including phenoxy) is 4. The van der Waals surface area contributed by atoms with Crippen molar-refractivity contribution in [3.8, 4) is 0 Å². The van der Waals surface area contributed by atoms with Crippen molar-refractivity contribution in [1.82, 2.24) is 0 Å². The molecule has 0 saturated heterocycles. The molecule has 0 bridgehead atoms. The van der Waals surface area contributed by atoms with Gasteiger partial charge in [-0.25, -0.2) is 9.13 Å². The predicted octanol–water partition coefficient (Wildman–Crippen LogP) is 17.4. The minimum Gasteiger partial charge on any atom is -0.462 e. The zero-order valence-corrected chi connectivity index (χ0v) is 54.4. The average Bonchev–Trinajstić information content (AvgIpc) is 3.45. The van der Waals surface area contributed by atoms with Crippen LogP contribution in [0.15, 0.2) is 0 Å². The van der Waals surface area contributed by atoms with Crippen LogP contribution in [0.1, 0.15) is 317 Å². The maximum atomic E-state index is 13.0. The topological polar surface area (TPSA) is 237 Å². The standard InChI is InChI=1S/C63H122O17P2/c1-6-10-13-16-18-19-20-21-22-23-24-25-30-34-39-44-49-63(68)80-59(53-74-61(66)47-42-37-33-29-27-26-28-32-36-40-45-56(5)9-4)55-78-82(71,72)76-51-57(64)50-75-81(69,70)77-54-58(52-73-60(65)46-41-35-15-12-8-3)79-62(67)48-43-38-31-17-14-11-7-2/h56-59,64H,6-55H2,1-5H3,(H,69,70)(H,71,72)/t56?,57-,58+,59+/m0/s1. The van der Waals surface area contributed by atoms with Crippen LogP contribution in [0.3, 0.4) is 0 Å². The van der Waals surface area contributed by atoms with E-state index in [0.29, 0.717) is 25.7 Å². The second-order valence-electron chi connectivity index (χ2n) is 23.0. The predicted molar refractivity (Wildman–Crippen MR) is 326 cm³/mol. The van der Waals surface area contributed by atoms with E-state index in [1.165, 1.54) is 122 Å². The zero-order valence-electron chi connectivity index (χ0n) is 52.6. The summed E-state index contributed by atoms with van der Waals surface area (Å²) < 4.78 is 67.7. The number of esters is 4. The molecule has 0 aliphatic heterocycles. The first-order valence-corrected chi connectivity index (χ1v) is 36.2. The second kappa shape index (κ2) is 56.8. The summed E-state index contributed by atoms with van der Waals surface area (Å²) in [5, 5.41) is 10.5. The van der Waals surface area contributed by atoms with E-state index < -0.39 is 97.5 Å². The molecule has 0 aliphatic rings. The average molecular weight is 1210 g/mol. The normalized spacial score (nSPS) is 14.6. The summed E-state index contributed by atoms with van der Waals surface area (Å²) in [7, 11) is -9.87. The third kappa shape index (κ3) is 55.9. The van der Waals surface area contributed by atoms with Gasteiger partial charge in [-0.2, -0.15) is 0 Å². The highest BCUT2D eigenvalue weighted by atomic mass is 31.2. The second-order valence-corrected chi connectivity index (χ2v) is 25.9. The SMILES string of the molecule is CCCCCCCCCCCCCCCCCCC(=O)O[C@H](COC(=O)CCCCCCCCCCCCC(C)CC)COP(=O)(O)OC[C@@H](O)COP(=O)(O)OC[C@@H](COC(=O)CCCCCCC)OC(=O)CCCCCCCCC. The number of aliphatic hydroxyl groups excluding tert-OH is 1. The van der Waals surface area contributed by atoms with E-state index in [-0.39, 0.29) is 25.7 Å². The number of hydrogen-bond donors (Lipinski definition) is 3. The van der Waals surface area contributed by atoms with Crippen LogP contribution in [0.5, 0.6) is 0 Å².